The highest BCUT2D eigenvalue weighted by atomic mass is 32.2. The number of carboxylic acid groups (broad SMARTS) is 1. The monoisotopic (exact) mass is 447 g/mol. The minimum Gasteiger partial charge on any atom is -0.481 e. The highest BCUT2D eigenvalue weighted by molar-refractivity contribution is 7.92. The quantitative estimate of drug-likeness (QED) is 0.746. The largest absolute Gasteiger partial charge is 0.481 e. The first-order chi connectivity index (χ1) is 13.9. The molecular formula is C19H20F3NO6S. The Morgan fingerprint density at radius 1 is 1.27 bits per heavy atom. The summed E-state index contributed by atoms with van der Waals surface area (Å²) in [6.07, 6.45) is -6.35. The van der Waals surface area contributed by atoms with Crippen molar-refractivity contribution < 1.29 is 40.8 Å². The fourth-order valence-electron chi connectivity index (χ4n) is 3.96. The third-order valence-corrected chi connectivity index (χ3v) is 7.66. The van der Waals surface area contributed by atoms with Gasteiger partial charge in [-0.1, -0.05) is 11.2 Å². The number of methoxy groups -OCH3 is 1. The average Bonchev–Trinajstić information content (AvgIpc) is 3.24. The van der Waals surface area contributed by atoms with Gasteiger partial charge < -0.3 is 14.4 Å². The lowest BCUT2D eigenvalue weighted by Crippen LogP contribution is -2.24. The van der Waals surface area contributed by atoms with Crippen LogP contribution in [0.2, 0.25) is 0 Å². The predicted octanol–water partition coefficient (Wildman–Crippen LogP) is 3.63. The molecule has 1 heterocycles. The van der Waals surface area contributed by atoms with Gasteiger partial charge in [0.25, 0.3) is 0 Å². The Hall–Kier alpha value is -2.40. The Bertz CT molecular complexity index is 1060. The lowest BCUT2D eigenvalue weighted by atomic mass is 10.0. The number of aliphatic carboxylic acids is 1. The van der Waals surface area contributed by atoms with Gasteiger partial charge in [0.05, 0.1) is 33.4 Å². The molecule has 3 atom stereocenters. The number of carbonyl (C=O) groups is 1. The van der Waals surface area contributed by atoms with Crippen molar-refractivity contribution in [3.05, 3.63) is 35.2 Å². The molecule has 164 valence electrons. The van der Waals surface area contributed by atoms with Crippen molar-refractivity contribution in [1.29, 1.82) is 0 Å². The molecule has 1 aliphatic rings. The summed E-state index contributed by atoms with van der Waals surface area (Å²) in [6.45, 7) is 3.11. The maximum atomic E-state index is 13.8. The van der Waals surface area contributed by atoms with Crippen molar-refractivity contribution in [3.8, 4) is 11.1 Å². The van der Waals surface area contributed by atoms with Crippen LogP contribution in [0.25, 0.3) is 11.1 Å². The molecule has 1 N–H and O–H groups in total. The van der Waals surface area contributed by atoms with Gasteiger partial charge in [0.2, 0.25) is 0 Å². The van der Waals surface area contributed by atoms with Crippen LogP contribution in [-0.2, 0) is 25.5 Å². The zero-order chi connectivity index (χ0) is 22.4. The Labute approximate surface area is 170 Å². The molecule has 0 radical (unpaired) electrons. The first kappa shape index (κ1) is 22.3. The van der Waals surface area contributed by atoms with E-state index in [2.05, 4.69) is 5.16 Å². The van der Waals surface area contributed by atoms with E-state index in [9.17, 15) is 31.5 Å². The summed E-state index contributed by atoms with van der Waals surface area (Å²) in [4.78, 5) is 10.5. The van der Waals surface area contributed by atoms with Crippen molar-refractivity contribution in [1.82, 2.24) is 5.16 Å². The summed E-state index contributed by atoms with van der Waals surface area (Å²) >= 11 is 0. The summed E-state index contributed by atoms with van der Waals surface area (Å²) in [6, 6.07) is 2.94. The van der Waals surface area contributed by atoms with Crippen LogP contribution in [0.3, 0.4) is 0 Å². The smallest absolute Gasteiger partial charge is 0.417 e. The Morgan fingerprint density at radius 2 is 1.93 bits per heavy atom. The number of benzene rings is 1. The van der Waals surface area contributed by atoms with E-state index in [4.69, 9.17) is 9.26 Å². The number of carboxylic acids is 1. The van der Waals surface area contributed by atoms with E-state index in [1.807, 2.05) is 0 Å². The van der Waals surface area contributed by atoms with Gasteiger partial charge in [-0.15, -0.1) is 0 Å². The number of hydrogen-bond donors (Lipinski definition) is 1. The van der Waals surface area contributed by atoms with Gasteiger partial charge in [0.1, 0.15) is 5.76 Å². The fraction of sp³-hybridized carbons (Fsp3) is 0.474. The molecule has 11 heteroatoms. The third-order valence-electron chi connectivity index (χ3n) is 5.43. The molecule has 0 amide bonds. The van der Waals surface area contributed by atoms with Crippen LogP contribution in [0.4, 0.5) is 13.2 Å². The second-order valence-electron chi connectivity index (χ2n) is 7.27. The lowest BCUT2D eigenvalue weighted by molar-refractivity contribution is -0.145. The normalized spacial score (nSPS) is 22.4. The predicted molar refractivity (Wildman–Crippen MR) is 98.5 cm³/mol. The molecule has 7 nitrogen and oxygen atoms in total. The number of alkyl halides is 3. The van der Waals surface area contributed by atoms with Gasteiger partial charge in [-0.05, 0) is 44.4 Å². The summed E-state index contributed by atoms with van der Waals surface area (Å²) in [5.74, 6) is -2.05. The maximum Gasteiger partial charge on any atom is 0.417 e. The highest BCUT2D eigenvalue weighted by Crippen LogP contribution is 2.42. The number of ether oxygens (including phenoxy) is 1. The molecule has 1 aromatic heterocycles. The highest BCUT2D eigenvalue weighted by Gasteiger charge is 2.47. The van der Waals surface area contributed by atoms with Crippen LogP contribution in [-0.4, -0.2) is 43.1 Å². The molecule has 2 aromatic rings. The molecule has 0 saturated heterocycles. The van der Waals surface area contributed by atoms with E-state index >= 15 is 0 Å². The van der Waals surface area contributed by atoms with Crippen molar-refractivity contribution in [2.75, 3.05) is 7.11 Å². The molecule has 0 unspecified atom stereocenters. The van der Waals surface area contributed by atoms with Crippen LogP contribution < -0.4 is 0 Å². The number of halogens is 3. The molecule has 1 aliphatic carbocycles. The van der Waals surface area contributed by atoms with E-state index in [1.54, 1.807) is 13.8 Å². The fourth-order valence-corrected chi connectivity index (χ4v) is 5.96. The first-order valence-electron chi connectivity index (χ1n) is 9.02. The number of sulfone groups is 1. The summed E-state index contributed by atoms with van der Waals surface area (Å²) in [5.41, 5.74) is -0.454. The van der Waals surface area contributed by atoms with E-state index in [1.165, 1.54) is 13.2 Å². The van der Waals surface area contributed by atoms with Crippen LogP contribution in [0.15, 0.2) is 27.6 Å². The van der Waals surface area contributed by atoms with Gasteiger partial charge in [0, 0.05) is 12.7 Å². The van der Waals surface area contributed by atoms with E-state index in [0.717, 1.165) is 12.1 Å². The standard InChI is InChI=1S/C19H20F3NO6S/c1-9-17(10(2)29-23-9)11-4-5-16(14(6-11)19(20,21)22)30(26,27)12-7-13(18(24)25)15(8-12)28-3/h4-6,12-13,15H,7-8H2,1-3H3,(H,24,25)/t12-,13-,15-/m0/s1. The lowest BCUT2D eigenvalue weighted by Gasteiger charge is -2.18. The van der Waals surface area contributed by atoms with E-state index < -0.39 is 49.7 Å². The molecule has 0 bridgehead atoms. The van der Waals surface area contributed by atoms with Gasteiger partial charge in [0.15, 0.2) is 9.84 Å². The summed E-state index contributed by atoms with van der Waals surface area (Å²) in [7, 11) is -3.22. The number of hydrogen-bond acceptors (Lipinski definition) is 6. The minimum absolute atomic E-state index is 0.127. The number of aryl methyl sites for hydroxylation is 2. The van der Waals surface area contributed by atoms with Crippen LogP contribution >= 0.6 is 0 Å². The minimum atomic E-state index is -4.94. The molecule has 1 saturated carbocycles. The van der Waals surface area contributed by atoms with Crippen LogP contribution in [0.5, 0.6) is 0 Å². The number of aromatic nitrogens is 1. The van der Waals surface area contributed by atoms with Crippen LogP contribution in [0, 0.1) is 19.8 Å². The molecule has 0 aliphatic heterocycles. The number of rotatable bonds is 5. The molecule has 3 rings (SSSR count). The van der Waals surface area contributed by atoms with Gasteiger partial charge in [-0.25, -0.2) is 8.42 Å². The summed E-state index contributed by atoms with van der Waals surface area (Å²) < 4.78 is 77.7. The Balaban J connectivity index is 2.10. The zero-order valence-electron chi connectivity index (χ0n) is 16.4. The average molecular weight is 447 g/mol. The van der Waals surface area contributed by atoms with Crippen molar-refractivity contribution in [2.45, 2.75) is 49.1 Å². The van der Waals surface area contributed by atoms with Gasteiger partial charge in [-0.3, -0.25) is 4.79 Å². The Morgan fingerprint density at radius 3 is 2.40 bits per heavy atom. The molecule has 30 heavy (non-hydrogen) atoms. The van der Waals surface area contributed by atoms with E-state index in [0.29, 0.717) is 17.0 Å². The van der Waals surface area contributed by atoms with E-state index in [-0.39, 0.29) is 18.4 Å². The van der Waals surface area contributed by atoms with Crippen molar-refractivity contribution in [3.63, 3.8) is 0 Å². The van der Waals surface area contributed by atoms with Gasteiger partial charge in [-0.2, -0.15) is 13.2 Å². The number of nitrogens with zero attached hydrogens (tertiary/aromatic N) is 1. The van der Waals surface area contributed by atoms with Crippen molar-refractivity contribution >= 4 is 15.8 Å². The third kappa shape index (κ3) is 3.83. The second-order valence-corrected chi connectivity index (χ2v) is 9.46. The zero-order valence-corrected chi connectivity index (χ0v) is 17.2. The first-order valence-corrected chi connectivity index (χ1v) is 10.6. The SMILES string of the molecule is CO[C@H]1C[C@@H](S(=O)(=O)c2ccc(-c3c(C)noc3C)cc2C(F)(F)F)C[C@@H]1C(=O)O. The van der Waals surface area contributed by atoms with Crippen molar-refractivity contribution in [2.24, 2.45) is 5.92 Å². The summed E-state index contributed by atoms with van der Waals surface area (Å²) in [5, 5.41) is 11.7. The molecule has 0 spiro atoms. The Kier molecular flexibility index (Phi) is 5.72. The van der Waals surface area contributed by atoms with Gasteiger partial charge >= 0.3 is 12.1 Å². The maximum absolute atomic E-state index is 13.8. The molecular weight excluding hydrogens is 427 g/mol. The molecule has 1 fully saturated rings. The van der Waals surface area contributed by atoms with Crippen LogP contribution in [0.1, 0.15) is 29.9 Å². The topological polar surface area (TPSA) is 107 Å². The molecule has 1 aromatic carbocycles. The second kappa shape index (κ2) is 7.69.